The molecule has 0 unspecified atom stereocenters. The van der Waals surface area contributed by atoms with Crippen LogP contribution in [0.15, 0.2) is 49.8 Å². The van der Waals surface area contributed by atoms with Gasteiger partial charge in [-0.15, -0.1) is 0 Å². The Labute approximate surface area is 182 Å². The van der Waals surface area contributed by atoms with Crippen LogP contribution in [0, 0.1) is 0 Å². The number of hydrogen-bond donors (Lipinski definition) is 1. The minimum absolute atomic E-state index is 0.00643. The molecule has 0 saturated heterocycles. The molecule has 0 spiro atoms. The van der Waals surface area contributed by atoms with Gasteiger partial charge in [0.25, 0.3) is 0 Å². The second-order valence-corrected chi connectivity index (χ2v) is 9.07. The highest BCUT2D eigenvalue weighted by molar-refractivity contribution is 9.11. The van der Waals surface area contributed by atoms with Crippen molar-refractivity contribution in [2.45, 2.75) is 5.25 Å². The molecule has 7 nitrogen and oxygen atoms in total. The number of benzene rings is 2. The molecule has 2 aromatic rings. The van der Waals surface area contributed by atoms with Gasteiger partial charge in [0.05, 0.1) is 5.56 Å². The Hall–Kier alpha value is -1.41. The van der Waals surface area contributed by atoms with Crippen LogP contribution in [0.1, 0.15) is 10.4 Å². The van der Waals surface area contributed by atoms with Gasteiger partial charge in [0.2, 0.25) is 0 Å². The lowest BCUT2D eigenvalue weighted by molar-refractivity contribution is -0.151. The Morgan fingerprint density at radius 2 is 1.36 bits per heavy atom. The van der Waals surface area contributed by atoms with Gasteiger partial charge in [-0.2, -0.15) is 17.2 Å². The van der Waals surface area contributed by atoms with Gasteiger partial charge in [0, 0.05) is 13.4 Å². The topological polar surface area (TPSA) is 107 Å². The first-order valence-corrected chi connectivity index (χ1v) is 10.7. The summed E-state index contributed by atoms with van der Waals surface area (Å²) in [7, 11) is -5.98. The van der Waals surface area contributed by atoms with Crippen molar-refractivity contribution < 1.29 is 40.8 Å². The maximum atomic E-state index is 13.2. The van der Waals surface area contributed by atoms with Crippen molar-refractivity contribution in [3.63, 3.8) is 0 Å². The molecule has 28 heavy (non-hydrogen) atoms. The first-order chi connectivity index (χ1) is 12.8. The Kier molecular flexibility index (Phi) is 6.97. The maximum Gasteiger partial charge on any atom is 0.466 e. The van der Waals surface area contributed by atoms with Gasteiger partial charge in [0.1, 0.15) is 11.5 Å². The lowest BCUT2D eigenvalue weighted by Crippen LogP contribution is -2.40. The molecule has 0 saturated carbocycles. The molecule has 2 rings (SSSR count). The zero-order valence-corrected chi connectivity index (χ0v) is 18.7. The van der Waals surface area contributed by atoms with Crippen molar-refractivity contribution in [2.24, 2.45) is 0 Å². The number of halogens is 5. The Morgan fingerprint density at radius 3 is 1.79 bits per heavy atom. The summed E-state index contributed by atoms with van der Waals surface area (Å²) >= 11 is 9.71. The van der Waals surface area contributed by atoms with Crippen molar-refractivity contribution in [3.05, 3.63) is 55.4 Å². The van der Waals surface area contributed by atoms with Gasteiger partial charge < -0.3 is 9.47 Å². The number of esters is 2. The summed E-state index contributed by atoms with van der Waals surface area (Å²) in [5, 5.41) is -5.13. The van der Waals surface area contributed by atoms with E-state index in [0.29, 0.717) is 13.4 Å². The summed E-state index contributed by atoms with van der Waals surface area (Å²) in [6.45, 7) is 0. The van der Waals surface area contributed by atoms with Gasteiger partial charge in [-0.05, 0) is 68.3 Å². The molecule has 13 heteroatoms. The summed E-state index contributed by atoms with van der Waals surface area (Å²) in [5.74, 6) is -3.69. The first-order valence-electron chi connectivity index (χ1n) is 6.87. The molecule has 150 valence electrons. The van der Waals surface area contributed by atoms with Gasteiger partial charge >= 0.3 is 27.3 Å². The molecule has 0 atom stereocenters. The van der Waals surface area contributed by atoms with Gasteiger partial charge in [-0.3, -0.25) is 4.55 Å². The van der Waals surface area contributed by atoms with E-state index in [-0.39, 0.29) is 11.3 Å². The molecule has 1 N–H and O–H groups in total. The highest BCUT2D eigenvalue weighted by atomic mass is 79.9. The predicted octanol–water partition coefficient (Wildman–Crippen LogP) is 4.58. The number of carbonyl (C=O) groups is 2. The molecule has 0 heterocycles. The van der Waals surface area contributed by atoms with Crippen LogP contribution in [0.2, 0.25) is 0 Å². The molecular formula is C15H7Br3F2O7S. The van der Waals surface area contributed by atoms with E-state index in [0.717, 1.165) is 24.3 Å². The van der Waals surface area contributed by atoms with Crippen LogP contribution in [0.25, 0.3) is 0 Å². The summed E-state index contributed by atoms with van der Waals surface area (Å²) in [6, 6.07) is 7.50. The first kappa shape index (κ1) is 22.9. The van der Waals surface area contributed by atoms with Crippen LogP contribution in [-0.4, -0.2) is 30.2 Å². The molecular weight excluding hydrogens is 602 g/mol. The molecule has 0 aliphatic rings. The van der Waals surface area contributed by atoms with E-state index in [9.17, 15) is 26.8 Å². The molecule has 0 fully saturated rings. The van der Waals surface area contributed by atoms with Gasteiger partial charge in [0.15, 0.2) is 0 Å². The SMILES string of the molecule is O=C(Oc1ccc(OC(=O)C(F)(F)S(=O)(=O)O)cc1)c1c(Br)cc(Br)cc1Br. The van der Waals surface area contributed by atoms with Crippen LogP contribution in [0.4, 0.5) is 8.78 Å². The second-order valence-electron chi connectivity index (χ2n) is 4.99. The lowest BCUT2D eigenvalue weighted by Gasteiger charge is -2.12. The van der Waals surface area contributed by atoms with Crippen molar-refractivity contribution in [2.75, 3.05) is 0 Å². The van der Waals surface area contributed by atoms with Gasteiger partial charge in [-0.25, -0.2) is 9.59 Å². The summed E-state index contributed by atoms with van der Waals surface area (Å²) in [6.07, 6.45) is 0. The smallest absolute Gasteiger partial charge is 0.423 e. The fourth-order valence-electron chi connectivity index (χ4n) is 1.74. The maximum absolute atomic E-state index is 13.2. The highest BCUT2D eigenvalue weighted by Crippen LogP contribution is 2.31. The van der Waals surface area contributed by atoms with Crippen LogP contribution in [-0.2, 0) is 14.9 Å². The third-order valence-corrected chi connectivity index (χ3v) is 5.54. The van der Waals surface area contributed by atoms with Crippen molar-refractivity contribution >= 4 is 69.8 Å². The number of carbonyl (C=O) groups excluding carboxylic acids is 2. The molecule has 0 aliphatic carbocycles. The molecule has 0 bridgehead atoms. The summed E-state index contributed by atoms with van der Waals surface area (Å²) in [4.78, 5) is 23.5. The standard InChI is InChI=1S/C15H7Br3F2O7S/c16-7-5-10(17)12(11(18)6-7)13(21)26-8-1-3-9(4-2-8)27-14(22)15(19,20)28(23,24)25/h1-6H,(H,23,24,25). The minimum Gasteiger partial charge on any atom is -0.423 e. The number of alkyl halides is 2. The van der Waals surface area contributed by atoms with E-state index in [1.165, 1.54) is 0 Å². The molecule has 0 aliphatic heterocycles. The van der Waals surface area contributed by atoms with E-state index in [4.69, 9.17) is 9.29 Å². The van der Waals surface area contributed by atoms with Crippen LogP contribution >= 0.6 is 47.8 Å². The zero-order valence-electron chi connectivity index (χ0n) is 13.2. The second kappa shape index (κ2) is 8.53. The normalized spacial score (nSPS) is 11.8. The molecule has 0 aromatic heterocycles. The fourth-order valence-corrected chi connectivity index (χ4v) is 4.58. The summed E-state index contributed by atoms with van der Waals surface area (Å²) < 4.78 is 66.6. The Morgan fingerprint density at radius 1 is 0.929 bits per heavy atom. The third-order valence-electron chi connectivity index (χ3n) is 3.02. The zero-order chi connectivity index (χ0) is 21.3. The summed E-state index contributed by atoms with van der Waals surface area (Å²) in [5.41, 5.74) is 0.187. The number of rotatable bonds is 5. The van der Waals surface area contributed by atoms with E-state index < -0.39 is 33.1 Å². The molecule has 0 radical (unpaired) electrons. The van der Waals surface area contributed by atoms with Crippen LogP contribution in [0.3, 0.4) is 0 Å². The highest BCUT2D eigenvalue weighted by Gasteiger charge is 2.54. The average Bonchev–Trinajstić information content (AvgIpc) is 2.54. The van der Waals surface area contributed by atoms with E-state index in [2.05, 4.69) is 52.5 Å². The molecule has 0 amide bonds. The van der Waals surface area contributed by atoms with Crippen molar-refractivity contribution in [1.29, 1.82) is 0 Å². The molecule has 2 aromatic carbocycles. The van der Waals surface area contributed by atoms with E-state index >= 15 is 0 Å². The van der Waals surface area contributed by atoms with E-state index in [1.54, 1.807) is 12.1 Å². The predicted molar refractivity (Wildman–Crippen MR) is 103 cm³/mol. The largest absolute Gasteiger partial charge is 0.466 e. The van der Waals surface area contributed by atoms with Crippen molar-refractivity contribution in [3.8, 4) is 11.5 Å². The fraction of sp³-hybridized carbons (Fsp3) is 0.0667. The van der Waals surface area contributed by atoms with Crippen LogP contribution < -0.4 is 9.47 Å². The average molecular weight is 609 g/mol. The Balaban J connectivity index is 2.14. The lowest BCUT2D eigenvalue weighted by atomic mass is 10.2. The third kappa shape index (κ3) is 5.14. The van der Waals surface area contributed by atoms with Crippen molar-refractivity contribution in [1.82, 2.24) is 0 Å². The van der Waals surface area contributed by atoms with Crippen LogP contribution in [0.5, 0.6) is 11.5 Å². The number of hydrogen-bond acceptors (Lipinski definition) is 6. The van der Waals surface area contributed by atoms with E-state index in [1.807, 2.05) is 0 Å². The monoisotopic (exact) mass is 606 g/mol. The Bertz CT molecular complexity index is 1020. The number of ether oxygens (including phenoxy) is 2. The minimum atomic E-state index is -5.98. The quantitative estimate of drug-likeness (QED) is 0.301. The van der Waals surface area contributed by atoms with Gasteiger partial charge in [-0.1, -0.05) is 15.9 Å².